The molecule has 0 saturated heterocycles. The molecule has 0 fully saturated rings. The Morgan fingerprint density at radius 1 is 1.08 bits per heavy atom. The molecule has 124 valence electrons. The normalized spacial score (nSPS) is 11.2. The van der Waals surface area contributed by atoms with Gasteiger partial charge >= 0.3 is 5.69 Å². The summed E-state index contributed by atoms with van der Waals surface area (Å²) < 4.78 is 2.49. The van der Waals surface area contributed by atoms with Gasteiger partial charge in [0.2, 0.25) is 0 Å². The molecular weight excluding hydrogens is 324 g/mol. The molecule has 2 heterocycles. The first-order valence-corrected chi connectivity index (χ1v) is 8.49. The van der Waals surface area contributed by atoms with E-state index in [4.69, 9.17) is 0 Å². The molecule has 2 aromatic heterocycles. The molecule has 6 nitrogen and oxygen atoms in total. The monoisotopic (exact) mass is 342 g/mol. The summed E-state index contributed by atoms with van der Waals surface area (Å²) in [7, 11) is 3.09. The summed E-state index contributed by atoms with van der Waals surface area (Å²) in [5.74, 6) is 1.23. The minimum atomic E-state index is -0.389. The average Bonchev–Trinajstić information content (AvgIpc) is 2.55. The van der Waals surface area contributed by atoms with E-state index in [2.05, 4.69) is 16.0 Å². The first-order valence-electron chi connectivity index (χ1n) is 7.51. The quantitative estimate of drug-likeness (QED) is 0.537. The highest BCUT2D eigenvalue weighted by Gasteiger charge is 2.16. The summed E-state index contributed by atoms with van der Waals surface area (Å²) in [4.78, 5) is 33.4. The van der Waals surface area contributed by atoms with Gasteiger partial charge in [0, 0.05) is 19.8 Å². The zero-order valence-corrected chi connectivity index (χ0v) is 14.8. The van der Waals surface area contributed by atoms with Crippen molar-refractivity contribution in [2.75, 3.05) is 0 Å². The Hall–Kier alpha value is -2.41. The summed E-state index contributed by atoms with van der Waals surface area (Å²) in [5.41, 5.74) is 1.98. The lowest BCUT2D eigenvalue weighted by molar-refractivity contribution is 0.701. The maximum atomic E-state index is 12.6. The zero-order chi connectivity index (χ0) is 17.4. The highest BCUT2D eigenvalue weighted by molar-refractivity contribution is 7.98. The van der Waals surface area contributed by atoms with Crippen LogP contribution < -0.4 is 11.2 Å². The SMILES string of the molecule is Cc1cccc(CSc2nc(C)nc3c2c(=O)n(C)c(=O)n3C)c1. The fourth-order valence-electron chi connectivity index (χ4n) is 2.59. The Balaban J connectivity index is 2.14. The predicted molar refractivity (Wildman–Crippen MR) is 95.5 cm³/mol. The van der Waals surface area contributed by atoms with Gasteiger partial charge in [0.15, 0.2) is 5.65 Å². The van der Waals surface area contributed by atoms with Crippen LogP contribution in [0.1, 0.15) is 17.0 Å². The van der Waals surface area contributed by atoms with Crippen LogP contribution in [0, 0.1) is 13.8 Å². The van der Waals surface area contributed by atoms with Crippen molar-refractivity contribution in [3.05, 3.63) is 62.1 Å². The first kappa shape index (κ1) is 16.4. The van der Waals surface area contributed by atoms with Gasteiger partial charge in [-0.3, -0.25) is 13.9 Å². The van der Waals surface area contributed by atoms with Gasteiger partial charge in [-0.15, -0.1) is 11.8 Å². The van der Waals surface area contributed by atoms with E-state index >= 15 is 0 Å². The Morgan fingerprint density at radius 3 is 2.54 bits per heavy atom. The molecule has 0 bridgehead atoms. The van der Waals surface area contributed by atoms with Gasteiger partial charge in [0.25, 0.3) is 5.56 Å². The van der Waals surface area contributed by atoms with E-state index in [1.54, 1.807) is 14.0 Å². The van der Waals surface area contributed by atoms with Gasteiger partial charge in [0.1, 0.15) is 16.2 Å². The van der Waals surface area contributed by atoms with Crippen molar-refractivity contribution in [3.8, 4) is 0 Å². The maximum absolute atomic E-state index is 12.6. The summed E-state index contributed by atoms with van der Waals surface area (Å²) in [6, 6.07) is 8.21. The number of aromatic nitrogens is 4. The van der Waals surface area contributed by atoms with Gasteiger partial charge in [-0.25, -0.2) is 14.8 Å². The zero-order valence-electron chi connectivity index (χ0n) is 14.0. The molecule has 0 aliphatic rings. The molecule has 0 aliphatic heterocycles. The Bertz CT molecular complexity index is 1050. The van der Waals surface area contributed by atoms with E-state index in [0.717, 1.165) is 10.1 Å². The van der Waals surface area contributed by atoms with E-state index in [0.29, 0.717) is 27.6 Å². The molecule has 7 heteroatoms. The third-order valence-corrected chi connectivity index (χ3v) is 4.88. The van der Waals surface area contributed by atoms with Crippen LogP contribution in [0.15, 0.2) is 38.9 Å². The van der Waals surface area contributed by atoms with Crippen molar-refractivity contribution in [1.82, 2.24) is 19.1 Å². The Morgan fingerprint density at radius 2 is 1.83 bits per heavy atom. The van der Waals surface area contributed by atoms with Gasteiger partial charge in [-0.2, -0.15) is 0 Å². The fourth-order valence-corrected chi connectivity index (χ4v) is 3.59. The Labute approximate surface area is 143 Å². The molecular formula is C17H18N4O2S. The predicted octanol–water partition coefficient (Wildman–Crippen LogP) is 1.94. The lowest BCUT2D eigenvalue weighted by atomic mass is 10.2. The van der Waals surface area contributed by atoms with E-state index in [-0.39, 0.29) is 11.2 Å². The smallest absolute Gasteiger partial charge is 0.280 e. The van der Waals surface area contributed by atoms with Gasteiger partial charge < -0.3 is 0 Å². The molecule has 1 aromatic carbocycles. The molecule has 0 N–H and O–H groups in total. The summed E-state index contributed by atoms with van der Waals surface area (Å²) in [5, 5.41) is 0.998. The van der Waals surface area contributed by atoms with Crippen LogP contribution in [0.4, 0.5) is 0 Å². The highest BCUT2D eigenvalue weighted by Crippen LogP contribution is 2.25. The molecule has 0 aliphatic carbocycles. The lowest BCUT2D eigenvalue weighted by Crippen LogP contribution is -2.37. The standard InChI is InChI=1S/C17H18N4O2S/c1-10-6-5-7-12(8-10)9-24-15-13-14(18-11(2)19-15)20(3)17(23)21(4)16(13)22/h5-8H,9H2,1-4H3. The molecule has 0 unspecified atom stereocenters. The summed E-state index contributed by atoms with van der Waals surface area (Å²) >= 11 is 1.48. The topological polar surface area (TPSA) is 69.8 Å². The van der Waals surface area contributed by atoms with Crippen LogP contribution in [0.2, 0.25) is 0 Å². The number of thioether (sulfide) groups is 1. The van der Waals surface area contributed by atoms with Gasteiger partial charge in [-0.05, 0) is 19.4 Å². The van der Waals surface area contributed by atoms with Crippen molar-refractivity contribution >= 4 is 22.8 Å². The fraction of sp³-hybridized carbons (Fsp3) is 0.294. The summed E-state index contributed by atoms with van der Waals surface area (Å²) in [6.45, 7) is 3.81. The molecule has 0 spiro atoms. The van der Waals surface area contributed by atoms with E-state index < -0.39 is 0 Å². The van der Waals surface area contributed by atoms with E-state index in [9.17, 15) is 9.59 Å². The lowest BCUT2D eigenvalue weighted by Gasteiger charge is -2.10. The molecule has 0 saturated carbocycles. The highest BCUT2D eigenvalue weighted by atomic mass is 32.2. The second-order valence-electron chi connectivity index (χ2n) is 5.76. The maximum Gasteiger partial charge on any atom is 0.332 e. The number of aryl methyl sites for hydroxylation is 3. The van der Waals surface area contributed by atoms with Crippen LogP contribution in [-0.2, 0) is 19.8 Å². The molecule has 0 amide bonds. The van der Waals surface area contributed by atoms with Crippen LogP contribution in [0.5, 0.6) is 0 Å². The van der Waals surface area contributed by atoms with Crippen molar-refractivity contribution < 1.29 is 0 Å². The van der Waals surface area contributed by atoms with Crippen LogP contribution in [0.25, 0.3) is 11.0 Å². The molecule has 3 aromatic rings. The second kappa shape index (κ2) is 6.24. The van der Waals surface area contributed by atoms with Crippen molar-refractivity contribution in [1.29, 1.82) is 0 Å². The average molecular weight is 342 g/mol. The van der Waals surface area contributed by atoms with E-state index in [1.807, 2.05) is 25.1 Å². The van der Waals surface area contributed by atoms with Crippen molar-refractivity contribution in [2.24, 2.45) is 14.1 Å². The third-order valence-electron chi connectivity index (χ3n) is 3.84. The minimum absolute atomic E-state index is 0.361. The minimum Gasteiger partial charge on any atom is -0.280 e. The molecule has 3 rings (SSSR count). The van der Waals surface area contributed by atoms with Crippen LogP contribution in [-0.4, -0.2) is 19.1 Å². The number of hydrogen-bond donors (Lipinski definition) is 0. The van der Waals surface area contributed by atoms with E-state index in [1.165, 1.54) is 28.9 Å². The number of nitrogens with zero attached hydrogens (tertiary/aromatic N) is 4. The summed E-state index contributed by atoms with van der Waals surface area (Å²) in [6.07, 6.45) is 0. The first-order chi connectivity index (χ1) is 11.4. The van der Waals surface area contributed by atoms with Gasteiger partial charge in [0.05, 0.1) is 0 Å². The Kier molecular flexibility index (Phi) is 4.28. The van der Waals surface area contributed by atoms with Crippen LogP contribution in [0.3, 0.4) is 0 Å². The second-order valence-corrected chi connectivity index (χ2v) is 6.72. The van der Waals surface area contributed by atoms with Crippen molar-refractivity contribution in [3.63, 3.8) is 0 Å². The molecule has 0 radical (unpaired) electrons. The number of fused-ring (bicyclic) bond motifs is 1. The third kappa shape index (κ3) is 2.87. The van der Waals surface area contributed by atoms with Crippen molar-refractivity contribution in [2.45, 2.75) is 24.6 Å². The largest absolute Gasteiger partial charge is 0.332 e. The number of rotatable bonds is 3. The molecule has 0 atom stereocenters. The number of hydrogen-bond acceptors (Lipinski definition) is 5. The number of benzene rings is 1. The van der Waals surface area contributed by atoms with Gasteiger partial charge in [-0.1, -0.05) is 29.8 Å². The molecule has 24 heavy (non-hydrogen) atoms. The van der Waals surface area contributed by atoms with Crippen LogP contribution >= 0.6 is 11.8 Å².